The van der Waals surface area contributed by atoms with Crippen molar-refractivity contribution in [3.8, 4) is 0 Å². The Morgan fingerprint density at radius 1 is 1.41 bits per heavy atom. The Morgan fingerprint density at radius 3 is 2.88 bits per heavy atom. The first-order valence-corrected chi connectivity index (χ1v) is 4.83. The molecular weight excluding hydrogens is 227 g/mol. The summed E-state index contributed by atoms with van der Waals surface area (Å²) in [6.45, 7) is 0.240. The van der Waals surface area contributed by atoms with Gasteiger partial charge in [-0.05, 0) is 24.3 Å². The van der Waals surface area contributed by atoms with E-state index < -0.39 is 11.9 Å². The third-order valence-electron chi connectivity index (χ3n) is 2.03. The second-order valence-electron chi connectivity index (χ2n) is 3.27. The molecule has 0 amide bonds. The van der Waals surface area contributed by atoms with Gasteiger partial charge >= 0.3 is 5.97 Å². The molecule has 2 aromatic heterocycles. The second-order valence-corrected chi connectivity index (χ2v) is 3.27. The van der Waals surface area contributed by atoms with Crippen LogP contribution in [0.1, 0.15) is 16.3 Å². The minimum absolute atomic E-state index is 0.131. The van der Waals surface area contributed by atoms with E-state index >= 15 is 0 Å². The Bertz CT molecular complexity index is 539. The maximum atomic E-state index is 12.8. The minimum atomic E-state index is -1.12. The van der Waals surface area contributed by atoms with Crippen molar-refractivity contribution in [2.24, 2.45) is 0 Å². The van der Waals surface area contributed by atoms with Crippen LogP contribution in [0.5, 0.6) is 0 Å². The van der Waals surface area contributed by atoms with Crippen LogP contribution in [-0.2, 0) is 6.54 Å². The van der Waals surface area contributed by atoms with Crippen LogP contribution in [0, 0.1) is 5.95 Å². The molecule has 2 N–H and O–H groups in total. The predicted molar refractivity (Wildman–Crippen MR) is 57.2 cm³/mol. The molecule has 2 heterocycles. The molecule has 0 saturated carbocycles. The number of rotatable bonds is 4. The van der Waals surface area contributed by atoms with Gasteiger partial charge < -0.3 is 14.8 Å². The lowest BCUT2D eigenvalue weighted by Crippen LogP contribution is -2.01. The van der Waals surface area contributed by atoms with Gasteiger partial charge in [0, 0.05) is 0 Å². The van der Waals surface area contributed by atoms with Crippen LogP contribution in [0.25, 0.3) is 0 Å². The van der Waals surface area contributed by atoms with Gasteiger partial charge in [0.25, 0.3) is 0 Å². The largest absolute Gasteiger partial charge is 0.475 e. The number of nitrogens with one attached hydrogen (secondary N) is 1. The van der Waals surface area contributed by atoms with Gasteiger partial charge in [0.05, 0.1) is 6.54 Å². The number of aromatic nitrogens is 1. The molecule has 88 valence electrons. The second kappa shape index (κ2) is 4.65. The highest BCUT2D eigenvalue weighted by molar-refractivity contribution is 5.84. The molecule has 17 heavy (non-hydrogen) atoms. The molecule has 0 unspecified atom stereocenters. The molecular formula is C11H9FN2O3. The van der Waals surface area contributed by atoms with E-state index in [1.807, 2.05) is 0 Å². The molecule has 6 heteroatoms. The maximum absolute atomic E-state index is 12.8. The number of nitrogens with zero attached hydrogens (tertiary/aromatic N) is 1. The number of hydrogen-bond donors (Lipinski definition) is 2. The summed E-state index contributed by atoms with van der Waals surface area (Å²) in [6, 6.07) is 7.26. The van der Waals surface area contributed by atoms with Crippen molar-refractivity contribution < 1.29 is 18.7 Å². The Morgan fingerprint density at radius 2 is 2.24 bits per heavy atom. The van der Waals surface area contributed by atoms with E-state index in [9.17, 15) is 9.18 Å². The molecule has 0 radical (unpaired) electrons. The molecule has 0 atom stereocenters. The summed E-state index contributed by atoms with van der Waals surface area (Å²) in [6.07, 6.45) is 0. The number of halogens is 1. The summed E-state index contributed by atoms with van der Waals surface area (Å²) in [4.78, 5) is 14.2. The first-order chi connectivity index (χ1) is 8.15. The summed E-state index contributed by atoms with van der Waals surface area (Å²) in [5, 5.41) is 11.5. The molecule has 0 aliphatic carbocycles. The summed E-state index contributed by atoms with van der Waals surface area (Å²) < 4.78 is 17.8. The van der Waals surface area contributed by atoms with Crippen molar-refractivity contribution in [3.63, 3.8) is 0 Å². The molecule has 2 aromatic rings. The lowest BCUT2D eigenvalue weighted by molar-refractivity contribution is 0.0660. The molecule has 0 bridgehead atoms. The summed E-state index contributed by atoms with van der Waals surface area (Å²) >= 11 is 0. The van der Waals surface area contributed by atoms with Crippen molar-refractivity contribution in [3.05, 3.63) is 47.8 Å². The monoisotopic (exact) mass is 236 g/mol. The first-order valence-electron chi connectivity index (χ1n) is 4.83. The van der Waals surface area contributed by atoms with Gasteiger partial charge in [0.1, 0.15) is 11.6 Å². The van der Waals surface area contributed by atoms with Crippen molar-refractivity contribution in [2.45, 2.75) is 6.54 Å². The quantitative estimate of drug-likeness (QED) is 0.795. The van der Waals surface area contributed by atoms with Crippen molar-refractivity contribution in [1.82, 2.24) is 4.98 Å². The Kier molecular flexibility index (Phi) is 3.04. The highest BCUT2D eigenvalue weighted by Crippen LogP contribution is 2.10. The van der Waals surface area contributed by atoms with E-state index in [1.165, 1.54) is 24.3 Å². The third-order valence-corrected chi connectivity index (χ3v) is 2.03. The fraction of sp³-hybridized carbons (Fsp3) is 0.0909. The fourth-order valence-electron chi connectivity index (χ4n) is 1.27. The van der Waals surface area contributed by atoms with E-state index in [4.69, 9.17) is 9.52 Å². The maximum Gasteiger partial charge on any atom is 0.371 e. The first kappa shape index (κ1) is 11.1. The van der Waals surface area contributed by atoms with Crippen LogP contribution < -0.4 is 5.32 Å². The standard InChI is InChI=1S/C11H9FN2O3/c12-9-2-1-3-10(14-9)13-6-7-4-5-8(17-7)11(15)16/h1-5H,6H2,(H,13,14)(H,15,16). The zero-order valence-electron chi connectivity index (χ0n) is 8.68. The van der Waals surface area contributed by atoms with Crippen LogP contribution >= 0.6 is 0 Å². The predicted octanol–water partition coefficient (Wildman–Crippen LogP) is 2.12. The topological polar surface area (TPSA) is 75.4 Å². The van der Waals surface area contributed by atoms with E-state index in [0.29, 0.717) is 11.6 Å². The minimum Gasteiger partial charge on any atom is -0.475 e. The molecule has 5 nitrogen and oxygen atoms in total. The Hall–Kier alpha value is -2.37. The Balaban J connectivity index is 2.00. The lowest BCUT2D eigenvalue weighted by atomic mass is 10.4. The number of pyridine rings is 1. The van der Waals surface area contributed by atoms with Gasteiger partial charge in [0.2, 0.25) is 11.7 Å². The van der Waals surface area contributed by atoms with E-state index in [-0.39, 0.29) is 12.3 Å². The fourth-order valence-corrected chi connectivity index (χ4v) is 1.27. The van der Waals surface area contributed by atoms with Crippen molar-refractivity contribution in [1.29, 1.82) is 0 Å². The van der Waals surface area contributed by atoms with Crippen LogP contribution in [0.3, 0.4) is 0 Å². The van der Waals surface area contributed by atoms with Gasteiger partial charge in [-0.2, -0.15) is 4.39 Å². The molecule has 0 aromatic carbocycles. The van der Waals surface area contributed by atoms with Gasteiger partial charge in [-0.25, -0.2) is 9.78 Å². The number of carbonyl (C=O) groups is 1. The average molecular weight is 236 g/mol. The highest BCUT2D eigenvalue weighted by Gasteiger charge is 2.08. The number of aromatic carboxylic acids is 1. The summed E-state index contributed by atoms with van der Waals surface area (Å²) in [7, 11) is 0. The van der Waals surface area contributed by atoms with Gasteiger partial charge in [-0.1, -0.05) is 6.07 Å². The number of hydrogen-bond acceptors (Lipinski definition) is 4. The summed E-state index contributed by atoms with van der Waals surface area (Å²) in [5.74, 6) is -1.04. The van der Waals surface area contributed by atoms with Crippen LogP contribution in [0.4, 0.5) is 10.2 Å². The summed E-state index contributed by atoms with van der Waals surface area (Å²) in [5.41, 5.74) is 0. The van der Waals surface area contributed by atoms with Gasteiger partial charge in [0.15, 0.2) is 0 Å². The van der Waals surface area contributed by atoms with E-state index in [1.54, 1.807) is 6.07 Å². The molecule has 0 aliphatic rings. The van der Waals surface area contributed by atoms with Crippen LogP contribution in [0.15, 0.2) is 34.7 Å². The van der Waals surface area contributed by atoms with Gasteiger partial charge in [-0.15, -0.1) is 0 Å². The van der Waals surface area contributed by atoms with Crippen molar-refractivity contribution in [2.75, 3.05) is 5.32 Å². The SMILES string of the molecule is O=C(O)c1ccc(CNc2cccc(F)n2)o1. The lowest BCUT2D eigenvalue weighted by Gasteiger charge is -2.02. The highest BCUT2D eigenvalue weighted by atomic mass is 19.1. The smallest absolute Gasteiger partial charge is 0.371 e. The molecule has 0 spiro atoms. The molecule has 0 aliphatic heterocycles. The number of carboxylic acid groups (broad SMARTS) is 1. The number of carboxylic acids is 1. The molecule has 0 saturated heterocycles. The zero-order chi connectivity index (χ0) is 12.3. The number of furan rings is 1. The van der Waals surface area contributed by atoms with Gasteiger partial charge in [-0.3, -0.25) is 0 Å². The normalized spacial score (nSPS) is 10.2. The third kappa shape index (κ3) is 2.81. The van der Waals surface area contributed by atoms with Crippen molar-refractivity contribution >= 4 is 11.8 Å². The van der Waals surface area contributed by atoms with E-state index in [0.717, 1.165) is 0 Å². The number of anilines is 1. The molecule has 0 fully saturated rings. The van der Waals surface area contributed by atoms with E-state index in [2.05, 4.69) is 10.3 Å². The zero-order valence-corrected chi connectivity index (χ0v) is 8.68. The molecule has 2 rings (SSSR count). The van der Waals surface area contributed by atoms with Crippen LogP contribution in [0.2, 0.25) is 0 Å². The average Bonchev–Trinajstić information content (AvgIpc) is 2.75. The Labute approximate surface area is 95.9 Å². The van der Waals surface area contributed by atoms with Crippen LogP contribution in [-0.4, -0.2) is 16.1 Å².